The summed E-state index contributed by atoms with van der Waals surface area (Å²) in [5.41, 5.74) is 0.634. The normalized spacial score (nSPS) is 27.8. The average Bonchev–Trinajstić information content (AvgIpc) is 3.14. The Hall–Kier alpha value is -0.730. The maximum atomic E-state index is 4.48. The lowest BCUT2D eigenvalue weighted by Gasteiger charge is -2.33. The van der Waals surface area contributed by atoms with E-state index in [1.165, 1.54) is 64.5 Å². The highest BCUT2D eigenvalue weighted by atomic mass is 15.3. The molecule has 3 rings (SSSR count). The van der Waals surface area contributed by atoms with Crippen LogP contribution in [0.1, 0.15) is 51.4 Å². The second-order valence-electron chi connectivity index (χ2n) is 6.60. The van der Waals surface area contributed by atoms with Gasteiger partial charge in [-0.3, -0.25) is 4.99 Å². The first-order valence-electron chi connectivity index (χ1n) is 7.77. The number of guanidine groups is 1. The van der Waals surface area contributed by atoms with Crippen LogP contribution in [0, 0.1) is 11.3 Å². The molecule has 0 aromatic carbocycles. The van der Waals surface area contributed by atoms with Crippen LogP contribution in [0.5, 0.6) is 0 Å². The molecule has 0 bridgehead atoms. The quantitative estimate of drug-likeness (QED) is 0.602. The number of hydrogen-bond acceptors (Lipinski definition) is 1. The van der Waals surface area contributed by atoms with Gasteiger partial charge in [-0.15, -0.1) is 0 Å². The van der Waals surface area contributed by atoms with Crippen molar-refractivity contribution in [2.24, 2.45) is 16.3 Å². The molecule has 0 aromatic heterocycles. The van der Waals surface area contributed by atoms with Crippen molar-refractivity contribution in [3.05, 3.63) is 0 Å². The minimum Gasteiger partial charge on any atom is -0.356 e. The van der Waals surface area contributed by atoms with Crippen molar-refractivity contribution in [2.45, 2.75) is 51.4 Å². The summed E-state index contributed by atoms with van der Waals surface area (Å²) < 4.78 is 0. The Morgan fingerprint density at radius 2 is 2.00 bits per heavy atom. The van der Waals surface area contributed by atoms with Crippen molar-refractivity contribution in [3.63, 3.8) is 0 Å². The fourth-order valence-electron chi connectivity index (χ4n) is 3.72. The van der Waals surface area contributed by atoms with Crippen molar-refractivity contribution in [2.75, 3.05) is 26.7 Å². The van der Waals surface area contributed by atoms with Gasteiger partial charge in [0.05, 0.1) is 0 Å². The highest BCUT2D eigenvalue weighted by Crippen LogP contribution is 2.43. The van der Waals surface area contributed by atoms with Crippen LogP contribution in [-0.4, -0.2) is 37.5 Å². The second kappa shape index (κ2) is 5.10. The predicted molar refractivity (Wildman–Crippen MR) is 75.8 cm³/mol. The molecule has 18 heavy (non-hydrogen) atoms. The Balaban J connectivity index is 1.55. The lowest BCUT2D eigenvalue weighted by Crippen LogP contribution is -2.42. The van der Waals surface area contributed by atoms with Gasteiger partial charge >= 0.3 is 0 Å². The summed E-state index contributed by atoms with van der Waals surface area (Å²) in [6, 6.07) is 0. The van der Waals surface area contributed by atoms with E-state index in [1.54, 1.807) is 0 Å². The molecule has 3 aliphatic rings. The Morgan fingerprint density at radius 1 is 1.22 bits per heavy atom. The molecule has 2 saturated carbocycles. The molecule has 3 heteroatoms. The summed E-state index contributed by atoms with van der Waals surface area (Å²) in [7, 11) is 1.93. The van der Waals surface area contributed by atoms with E-state index in [2.05, 4.69) is 15.2 Å². The van der Waals surface area contributed by atoms with E-state index >= 15 is 0 Å². The van der Waals surface area contributed by atoms with Crippen molar-refractivity contribution < 1.29 is 0 Å². The molecule has 0 amide bonds. The smallest absolute Gasteiger partial charge is 0.193 e. The van der Waals surface area contributed by atoms with Gasteiger partial charge < -0.3 is 10.2 Å². The fourth-order valence-corrected chi connectivity index (χ4v) is 3.72. The molecule has 0 aromatic rings. The summed E-state index contributed by atoms with van der Waals surface area (Å²) in [6.07, 6.45) is 11.4. The standard InChI is InChI=1S/C15H27N3/c1-16-14(17-11-13-5-6-13)18-10-9-15(12-18)7-3-2-4-8-15/h13H,2-12H2,1H3,(H,16,17). The first-order chi connectivity index (χ1) is 8.81. The van der Waals surface area contributed by atoms with Gasteiger partial charge in [0.2, 0.25) is 0 Å². The van der Waals surface area contributed by atoms with E-state index in [0.29, 0.717) is 5.41 Å². The Bertz CT molecular complexity index is 314. The van der Waals surface area contributed by atoms with E-state index in [0.717, 1.165) is 18.4 Å². The van der Waals surface area contributed by atoms with Gasteiger partial charge in [0, 0.05) is 26.7 Å². The molecule has 3 nitrogen and oxygen atoms in total. The maximum Gasteiger partial charge on any atom is 0.193 e. The van der Waals surface area contributed by atoms with Crippen LogP contribution in [0.15, 0.2) is 4.99 Å². The van der Waals surface area contributed by atoms with Crippen LogP contribution in [0.25, 0.3) is 0 Å². The Morgan fingerprint density at radius 3 is 2.67 bits per heavy atom. The number of hydrogen-bond donors (Lipinski definition) is 1. The number of nitrogens with zero attached hydrogens (tertiary/aromatic N) is 2. The summed E-state index contributed by atoms with van der Waals surface area (Å²) >= 11 is 0. The van der Waals surface area contributed by atoms with Crippen molar-refractivity contribution in [1.29, 1.82) is 0 Å². The lowest BCUT2D eigenvalue weighted by molar-refractivity contribution is 0.203. The number of likely N-dealkylation sites (tertiary alicyclic amines) is 1. The van der Waals surface area contributed by atoms with Gasteiger partial charge in [-0.1, -0.05) is 19.3 Å². The SMILES string of the molecule is CN=C(NCC1CC1)N1CCC2(CCCCC2)C1. The van der Waals surface area contributed by atoms with Crippen LogP contribution >= 0.6 is 0 Å². The Kier molecular flexibility index (Phi) is 3.49. The molecule has 2 aliphatic carbocycles. The molecule has 0 atom stereocenters. The molecule has 3 fully saturated rings. The van der Waals surface area contributed by atoms with Crippen LogP contribution in [0.4, 0.5) is 0 Å². The van der Waals surface area contributed by atoms with Crippen molar-refractivity contribution >= 4 is 5.96 Å². The summed E-state index contributed by atoms with van der Waals surface area (Å²) in [4.78, 5) is 6.99. The summed E-state index contributed by atoms with van der Waals surface area (Å²) in [6.45, 7) is 3.60. The zero-order chi connectivity index (χ0) is 12.4. The van der Waals surface area contributed by atoms with Gasteiger partial charge in [-0.2, -0.15) is 0 Å². The van der Waals surface area contributed by atoms with E-state index in [9.17, 15) is 0 Å². The zero-order valence-electron chi connectivity index (χ0n) is 11.7. The topological polar surface area (TPSA) is 27.6 Å². The monoisotopic (exact) mass is 249 g/mol. The second-order valence-corrected chi connectivity index (χ2v) is 6.60. The van der Waals surface area contributed by atoms with Gasteiger partial charge in [0.25, 0.3) is 0 Å². The fraction of sp³-hybridized carbons (Fsp3) is 0.933. The Labute approximate surface area is 111 Å². The van der Waals surface area contributed by atoms with Crippen molar-refractivity contribution in [3.8, 4) is 0 Å². The van der Waals surface area contributed by atoms with Crippen LogP contribution in [0.2, 0.25) is 0 Å². The van der Waals surface area contributed by atoms with Gasteiger partial charge in [-0.25, -0.2) is 0 Å². The molecule has 0 radical (unpaired) electrons. The molecule has 1 saturated heterocycles. The van der Waals surface area contributed by atoms with E-state index in [-0.39, 0.29) is 0 Å². The molecule has 1 spiro atoms. The third kappa shape index (κ3) is 2.65. The first-order valence-corrected chi connectivity index (χ1v) is 7.77. The molecule has 1 N–H and O–H groups in total. The van der Waals surface area contributed by atoms with E-state index in [1.807, 2.05) is 7.05 Å². The van der Waals surface area contributed by atoms with Gasteiger partial charge in [0.1, 0.15) is 0 Å². The molecular weight excluding hydrogens is 222 g/mol. The van der Waals surface area contributed by atoms with E-state index < -0.39 is 0 Å². The van der Waals surface area contributed by atoms with E-state index in [4.69, 9.17) is 0 Å². The third-order valence-electron chi connectivity index (χ3n) is 5.11. The summed E-state index contributed by atoms with van der Waals surface area (Å²) in [5.74, 6) is 2.08. The molecule has 0 unspecified atom stereocenters. The summed E-state index contributed by atoms with van der Waals surface area (Å²) in [5, 5.41) is 3.57. The highest BCUT2D eigenvalue weighted by Gasteiger charge is 2.39. The van der Waals surface area contributed by atoms with Crippen LogP contribution in [-0.2, 0) is 0 Å². The predicted octanol–water partition coefficient (Wildman–Crippen LogP) is 2.63. The highest BCUT2D eigenvalue weighted by molar-refractivity contribution is 5.80. The minimum absolute atomic E-state index is 0.634. The average molecular weight is 249 g/mol. The molecule has 1 heterocycles. The zero-order valence-corrected chi connectivity index (χ0v) is 11.7. The number of aliphatic imine (C=N–C) groups is 1. The van der Waals surface area contributed by atoms with Crippen LogP contribution in [0.3, 0.4) is 0 Å². The van der Waals surface area contributed by atoms with Crippen molar-refractivity contribution in [1.82, 2.24) is 10.2 Å². The largest absolute Gasteiger partial charge is 0.356 e. The number of nitrogens with one attached hydrogen (secondary N) is 1. The molecule has 1 aliphatic heterocycles. The maximum absolute atomic E-state index is 4.48. The first kappa shape index (κ1) is 12.3. The van der Waals surface area contributed by atoms with Crippen LogP contribution < -0.4 is 5.32 Å². The van der Waals surface area contributed by atoms with Gasteiger partial charge in [-0.05, 0) is 43.4 Å². The third-order valence-corrected chi connectivity index (χ3v) is 5.11. The van der Waals surface area contributed by atoms with Gasteiger partial charge in [0.15, 0.2) is 5.96 Å². The molecule has 102 valence electrons. The molecular formula is C15H27N3. The number of rotatable bonds is 2. The minimum atomic E-state index is 0.634. The lowest BCUT2D eigenvalue weighted by atomic mass is 9.73.